The first-order valence-corrected chi connectivity index (χ1v) is 8.28. The number of benzene rings is 1. The van der Waals surface area contributed by atoms with Crippen molar-refractivity contribution in [1.82, 2.24) is 15.2 Å². The zero-order chi connectivity index (χ0) is 19.2. The van der Waals surface area contributed by atoms with Crippen molar-refractivity contribution < 1.29 is 22.8 Å². The summed E-state index contributed by atoms with van der Waals surface area (Å²) in [5.41, 5.74) is -0.275. The van der Waals surface area contributed by atoms with E-state index in [-0.39, 0.29) is 18.3 Å². The molecule has 4 rings (SSSR count). The maximum absolute atomic E-state index is 13.0. The number of halogens is 1. The molecule has 7 nitrogen and oxygen atoms in total. The topological polar surface area (TPSA) is 88.6 Å². The highest BCUT2D eigenvalue weighted by atomic mass is 19.1. The van der Waals surface area contributed by atoms with Gasteiger partial charge in [0.05, 0.1) is 12.2 Å². The number of oxazole rings is 1. The van der Waals surface area contributed by atoms with Gasteiger partial charge in [0.2, 0.25) is 5.89 Å². The second-order valence-corrected chi connectivity index (χ2v) is 6.51. The molecule has 1 aliphatic heterocycles. The van der Waals surface area contributed by atoms with Gasteiger partial charge in [0, 0.05) is 5.56 Å². The van der Waals surface area contributed by atoms with Crippen LogP contribution in [0.3, 0.4) is 0 Å². The Morgan fingerprint density at radius 1 is 1.19 bits per heavy atom. The minimum Gasteiger partial charge on any atom is -0.463 e. The van der Waals surface area contributed by atoms with Crippen LogP contribution >= 0.6 is 0 Å². The van der Waals surface area contributed by atoms with Gasteiger partial charge in [0.15, 0.2) is 5.54 Å². The zero-order valence-corrected chi connectivity index (χ0v) is 14.7. The van der Waals surface area contributed by atoms with Gasteiger partial charge >= 0.3 is 6.03 Å². The van der Waals surface area contributed by atoms with Gasteiger partial charge in [0.1, 0.15) is 23.6 Å². The molecule has 0 radical (unpaired) electrons. The Balaban J connectivity index is 1.55. The monoisotopic (exact) mass is 369 g/mol. The lowest BCUT2D eigenvalue weighted by Gasteiger charge is -2.18. The summed E-state index contributed by atoms with van der Waals surface area (Å²) in [5, 5.41) is 2.67. The number of aryl methyl sites for hydroxylation is 1. The molecule has 1 aliphatic rings. The average Bonchev–Trinajstić information content (AvgIpc) is 3.33. The molecular formula is C19H16FN3O4. The molecule has 27 heavy (non-hydrogen) atoms. The quantitative estimate of drug-likeness (QED) is 0.713. The van der Waals surface area contributed by atoms with Gasteiger partial charge in [-0.1, -0.05) is 0 Å². The number of carbonyl (C=O) groups excluding carboxylic acids is 2. The van der Waals surface area contributed by atoms with E-state index >= 15 is 0 Å². The lowest BCUT2D eigenvalue weighted by Crippen LogP contribution is -2.40. The van der Waals surface area contributed by atoms with Crippen molar-refractivity contribution in [3.05, 3.63) is 65.7 Å². The minimum absolute atomic E-state index is 0.0510. The van der Waals surface area contributed by atoms with Gasteiger partial charge in [-0.2, -0.15) is 0 Å². The van der Waals surface area contributed by atoms with Crippen LogP contribution in [-0.2, 0) is 16.9 Å². The number of hydrogen-bond donors (Lipinski definition) is 1. The summed E-state index contributed by atoms with van der Waals surface area (Å²) in [7, 11) is 0. The molecule has 0 bridgehead atoms. The molecule has 0 aliphatic carbocycles. The van der Waals surface area contributed by atoms with Crippen LogP contribution in [0.1, 0.15) is 24.1 Å². The SMILES string of the molecule is Cc1ccc(C2(C)NC(=O)N(Cc3coc(-c4ccc(F)cc4)n3)C2=O)o1. The summed E-state index contributed by atoms with van der Waals surface area (Å²) < 4.78 is 24.0. The summed E-state index contributed by atoms with van der Waals surface area (Å²) >= 11 is 0. The van der Waals surface area contributed by atoms with E-state index in [4.69, 9.17) is 8.83 Å². The second kappa shape index (κ2) is 6.08. The number of hydrogen-bond acceptors (Lipinski definition) is 5. The van der Waals surface area contributed by atoms with Gasteiger partial charge in [-0.15, -0.1) is 0 Å². The maximum atomic E-state index is 13.0. The third-order valence-corrected chi connectivity index (χ3v) is 4.47. The molecule has 0 saturated carbocycles. The van der Waals surface area contributed by atoms with E-state index < -0.39 is 17.5 Å². The van der Waals surface area contributed by atoms with Crippen molar-refractivity contribution in [1.29, 1.82) is 0 Å². The third-order valence-electron chi connectivity index (χ3n) is 4.47. The largest absolute Gasteiger partial charge is 0.463 e. The van der Waals surface area contributed by atoms with Crippen LogP contribution in [0.4, 0.5) is 9.18 Å². The highest BCUT2D eigenvalue weighted by Crippen LogP contribution is 2.31. The van der Waals surface area contributed by atoms with Crippen molar-refractivity contribution >= 4 is 11.9 Å². The van der Waals surface area contributed by atoms with Crippen LogP contribution in [0.15, 0.2) is 51.5 Å². The molecule has 2 aromatic heterocycles. The zero-order valence-electron chi connectivity index (χ0n) is 14.7. The highest BCUT2D eigenvalue weighted by molar-refractivity contribution is 6.06. The molecule has 1 saturated heterocycles. The Hall–Kier alpha value is -3.42. The standard InChI is InChI=1S/C19H16FN3O4/c1-11-3-8-15(27-11)19(2)17(24)23(18(25)22-19)9-14-10-26-16(21-14)12-4-6-13(20)7-5-12/h3-8,10H,9H2,1-2H3,(H,22,25). The van der Waals surface area contributed by atoms with E-state index in [9.17, 15) is 14.0 Å². The van der Waals surface area contributed by atoms with Crippen molar-refractivity contribution in [3.8, 4) is 11.5 Å². The molecule has 1 unspecified atom stereocenters. The Bertz CT molecular complexity index is 1020. The number of nitrogens with zero attached hydrogens (tertiary/aromatic N) is 2. The van der Waals surface area contributed by atoms with Gasteiger partial charge in [-0.3, -0.25) is 9.69 Å². The summed E-state index contributed by atoms with van der Waals surface area (Å²) in [6.45, 7) is 3.31. The number of aromatic nitrogens is 1. The maximum Gasteiger partial charge on any atom is 0.325 e. The fourth-order valence-electron chi connectivity index (χ4n) is 2.98. The van der Waals surface area contributed by atoms with Gasteiger partial charge in [-0.25, -0.2) is 14.2 Å². The molecule has 1 atom stereocenters. The highest BCUT2D eigenvalue weighted by Gasteiger charge is 2.51. The number of furan rings is 1. The lowest BCUT2D eigenvalue weighted by atomic mass is 9.99. The third kappa shape index (κ3) is 2.88. The number of imide groups is 1. The lowest BCUT2D eigenvalue weighted by molar-refractivity contribution is -0.132. The molecular weight excluding hydrogens is 353 g/mol. The van der Waals surface area contributed by atoms with Gasteiger partial charge in [-0.05, 0) is 50.2 Å². The van der Waals surface area contributed by atoms with Gasteiger partial charge < -0.3 is 14.2 Å². The van der Waals surface area contributed by atoms with Crippen molar-refractivity contribution in [2.45, 2.75) is 25.9 Å². The van der Waals surface area contributed by atoms with Crippen LogP contribution < -0.4 is 5.32 Å². The van der Waals surface area contributed by atoms with E-state index in [1.165, 1.54) is 30.5 Å². The molecule has 3 heterocycles. The van der Waals surface area contributed by atoms with Crippen LogP contribution in [-0.4, -0.2) is 21.8 Å². The van der Waals surface area contributed by atoms with Crippen molar-refractivity contribution in [3.63, 3.8) is 0 Å². The molecule has 3 amide bonds. The first-order chi connectivity index (χ1) is 12.9. The van der Waals surface area contributed by atoms with Crippen molar-refractivity contribution in [2.75, 3.05) is 0 Å². The van der Waals surface area contributed by atoms with Gasteiger partial charge in [0.25, 0.3) is 5.91 Å². The Labute approximate surface area is 153 Å². The summed E-state index contributed by atoms with van der Waals surface area (Å²) in [6.07, 6.45) is 1.37. The normalized spacial score (nSPS) is 19.6. The fraction of sp³-hybridized carbons (Fsp3) is 0.211. The van der Waals surface area contributed by atoms with Crippen LogP contribution in [0.5, 0.6) is 0 Å². The van der Waals surface area contributed by atoms with Crippen LogP contribution in [0.25, 0.3) is 11.5 Å². The van der Waals surface area contributed by atoms with Crippen molar-refractivity contribution in [2.24, 2.45) is 0 Å². The van der Waals surface area contributed by atoms with Crippen LogP contribution in [0, 0.1) is 12.7 Å². The molecule has 1 fully saturated rings. The summed E-state index contributed by atoms with van der Waals surface area (Å²) in [6, 6.07) is 8.53. The number of rotatable bonds is 4. The smallest absolute Gasteiger partial charge is 0.325 e. The second-order valence-electron chi connectivity index (χ2n) is 6.51. The Kier molecular flexibility index (Phi) is 3.83. The Morgan fingerprint density at radius 2 is 1.93 bits per heavy atom. The molecule has 8 heteroatoms. The minimum atomic E-state index is -1.27. The summed E-state index contributed by atoms with van der Waals surface area (Å²) in [4.78, 5) is 30.5. The van der Waals surface area contributed by atoms with E-state index in [0.29, 0.717) is 22.8 Å². The fourth-order valence-corrected chi connectivity index (χ4v) is 2.98. The first-order valence-electron chi connectivity index (χ1n) is 8.28. The number of nitrogens with one attached hydrogen (secondary N) is 1. The van der Waals surface area contributed by atoms with E-state index in [1.807, 2.05) is 0 Å². The van der Waals surface area contributed by atoms with E-state index in [1.54, 1.807) is 26.0 Å². The van der Waals surface area contributed by atoms with Crippen LogP contribution in [0.2, 0.25) is 0 Å². The number of urea groups is 1. The molecule has 0 spiro atoms. The average molecular weight is 369 g/mol. The van der Waals surface area contributed by atoms with E-state index in [2.05, 4.69) is 10.3 Å². The predicted octanol–water partition coefficient (Wildman–Crippen LogP) is 3.35. The Morgan fingerprint density at radius 3 is 2.59 bits per heavy atom. The predicted molar refractivity (Wildman–Crippen MR) is 91.8 cm³/mol. The van der Waals surface area contributed by atoms with E-state index in [0.717, 1.165) is 4.90 Å². The first kappa shape index (κ1) is 17.0. The molecule has 1 N–H and O–H groups in total. The molecule has 1 aromatic carbocycles. The number of carbonyl (C=O) groups is 2. The number of amides is 3. The molecule has 138 valence electrons. The summed E-state index contributed by atoms with van der Waals surface area (Å²) in [5.74, 6) is 0.493. The molecule has 3 aromatic rings.